The monoisotopic (exact) mass is 472 g/mol. The third kappa shape index (κ3) is 6.90. The van der Waals surface area contributed by atoms with E-state index in [0.717, 1.165) is 22.5 Å². The van der Waals surface area contributed by atoms with Gasteiger partial charge in [-0.2, -0.15) is 0 Å². The summed E-state index contributed by atoms with van der Waals surface area (Å²) in [5.41, 5.74) is 4.63. The van der Waals surface area contributed by atoms with E-state index in [1.807, 2.05) is 121 Å². The highest BCUT2D eigenvalue weighted by atomic mass is 16.1. The van der Waals surface area contributed by atoms with Crippen molar-refractivity contribution in [1.29, 1.82) is 0 Å². The normalized spacial score (nSPS) is 11.6. The van der Waals surface area contributed by atoms with Gasteiger partial charge in [-0.1, -0.05) is 121 Å². The van der Waals surface area contributed by atoms with Gasteiger partial charge in [-0.25, -0.2) is 0 Å². The van der Waals surface area contributed by atoms with Gasteiger partial charge in [0.2, 0.25) is 0 Å². The van der Waals surface area contributed by atoms with E-state index >= 15 is 0 Å². The van der Waals surface area contributed by atoms with E-state index in [1.54, 1.807) is 12.2 Å². The summed E-state index contributed by atoms with van der Waals surface area (Å²) in [6, 6.07) is 38.0. The second-order valence-electron chi connectivity index (χ2n) is 8.16. The molecule has 4 aromatic carbocycles. The first-order chi connectivity index (χ1) is 17.7. The van der Waals surface area contributed by atoms with Crippen LogP contribution in [0.25, 0.3) is 11.4 Å². The zero-order valence-electron chi connectivity index (χ0n) is 19.9. The minimum absolute atomic E-state index is 0.0618. The van der Waals surface area contributed by atoms with Gasteiger partial charge in [0.1, 0.15) is 0 Å². The Morgan fingerprint density at radius 1 is 0.444 bits per heavy atom. The van der Waals surface area contributed by atoms with Crippen molar-refractivity contribution in [2.24, 2.45) is 0 Å². The van der Waals surface area contributed by atoms with Crippen molar-refractivity contribution in [3.63, 3.8) is 0 Å². The Kier molecular flexibility index (Phi) is 8.60. The maximum absolute atomic E-state index is 12.8. The molecule has 0 aliphatic rings. The molecule has 0 aromatic heterocycles. The van der Waals surface area contributed by atoms with Crippen molar-refractivity contribution in [3.05, 3.63) is 156 Å². The van der Waals surface area contributed by atoms with Crippen molar-refractivity contribution >= 4 is 23.0 Å². The molecule has 178 valence electrons. The summed E-state index contributed by atoms with van der Waals surface area (Å²) in [4.78, 5) is 25.7. The summed E-state index contributed by atoms with van der Waals surface area (Å²) in [6.45, 7) is 1.10. The Morgan fingerprint density at radius 2 is 0.722 bits per heavy atom. The van der Waals surface area contributed by atoms with Gasteiger partial charge in [-0.3, -0.25) is 9.59 Å². The summed E-state index contributed by atoms with van der Waals surface area (Å²) in [5.74, 6) is -0.124. The van der Waals surface area contributed by atoms with Gasteiger partial charge < -0.3 is 10.6 Å². The van der Waals surface area contributed by atoms with Crippen molar-refractivity contribution < 1.29 is 9.59 Å². The fourth-order valence-corrected chi connectivity index (χ4v) is 3.74. The second-order valence-corrected chi connectivity index (χ2v) is 8.16. The molecule has 0 spiro atoms. The van der Waals surface area contributed by atoms with E-state index < -0.39 is 0 Å². The van der Waals surface area contributed by atoms with Crippen LogP contribution in [0.5, 0.6) is 0 Å². The molecule has 0 radical (unpaired) electrons. The molecule has 0 atom stereocenters. The standard InChI is InChI=1S/C32H28N2O2/c35-31(27-17-9-3-10-18-27)23-29(25-13-5-1-6-14-25)33-21-22-34-30(26-15-7-2-8-16-26)24-32(36)28-19-11-4-12-20-28/h1-20,23-24,33-34H,21-22H2/b29-23-,30-24-. The zero-order chi connectivity index (χ0) is 25.0. The number of hydrogen-bond donors (Lipinski definition) is 2. The largest absolute Gasteiger partial charge is 0.383 e. The number of carbonyl (C=O) groups excluding carboxylic acids is 2. The number of allylic oxidation sites excluding steroid dienone is 2. The van der Waals surface area contributed by atoms with E-state index in [-0.39, 0.29) is 11.6 Å². The highest BCUT2D eigenvalue weighted by Gasteiger charge is 2.09. The van der Waals surface area contributed by atoms with Gasteiger partial charge in [-0.05, 0) is 11.1 Å². The Morgan fingerprint density at radius 3 is 1.03 bits per heavy atom. The second kappa shape index (κ2) is 12.7. The number of ketones is 2. The van der Waals surface area contributed by atoms with Gasteiger partial charge >= 0.3 is 0 Å². The van der Waals surface area contributed by atoms with Gasteiger partial charge in [0.05, 0.1) is 0 Å². The first-order valence-corrected chi connectivity index (χ1v) is 11.9. The lowest BCUT2D eigenvalue weighted by atomic mass is 10.1. The van der Waals surface area contributed by atoms with Crippen LogP contribution >= 0.6 is 0 Å². The third-order valence-electron chi connectivity index (χ3n) is 5.59. The molecule has 0 unspecified atom stereocenters. The number of benzene rings is 4. The zero-order valence-corrected chi connectivity index (χ0v) is 19.9. The molecule has 0 aliphatic carbocycles. The summed E-state index contributed by atoms with van der Waals surface area (Å²) < 4.78 is 0. The maximum Gasteiger partial charge on any atom is 0.187 e. The SMILES string of the molecule is O=C(/C=C(\NCCN/C(=C\C(=O)c1ccccc1)c1ccccc1)c1ccccc1)c1ccccc1. The molecule has 0 saturated heterocycles. The molecule has 4 aromatic rings. The van der Waals surface area contributed by atoms with Crippen LogP contribution in [-0.2, 0) is 0 Å². The van der Waals surface area contributed by atoms with Gasteiger partial charge in [0.25, 0.3) is 0 Å². The first kappa shape index (κ1) is 24.4. The lowest BCUT2D eigenvalue weighted by Gasteiger charge is -2.15. The van der Waals surface area contributed by atoms with Crippen molar-refractivity contribution in [2.75, 3.05) is 13.1 Å². The van der Waals surface area contributed by atoms with Crippen LogP contribution in [0.4, 0.5) is 0 Å². The van der Waals surface area contributed by atoms with E-state index in [4.69, 9.17) is 0 Å². The quantitative estimate of drug-likeness (QED) is 0.159. The average Bonchev–Trinajstić information content (AvgIpc) is 2.95. The van der Waals surface area contributed by atoms with E-state index in [2.05, 4.69) is 10.6 Å². The molecule has 4 nitrogen and oxygen atoms in total. The molecule has 4 rings (SSSR count). The van der Waals surface area contributed by atoms with Gasteiger partial charge in [0, 0.05) is 47.8 Å². The van der Waals surface area contributed by atoms with Crippen molar-refractivity contribution in [1.82, 2.24) is 10.6 Å². The van der Waals surface area contributed by atoms with Crippen LogP contribution in [-0.4, -0.2) is 24.7 Å². The predicted molar refractivity (Wildman–Crippen MR) is 146 cm³/mol. The fraction of sp³-hybridized carbons (Fsp3) is 0.0625. The van der Waals surface area contributed by atoms with E-state index in [0.29, 0.717) is 24.2 Å². The molecule has 0 fully saturated rings. The van der Waals surface area contributed by atoms with Crippen molar-refractivity contribution in [2.45, 2.75) is 0 Å². The minimum atomic E-state index is -0.0618. The molecule has 0 bridgehead atoms. The smallest absolute Gasteiger partial charge is 0.187 e. The summed E-state index contributed by atoms with van der Waals surface area (Å²) in [7, 11) is 0. The highest BCUT2D eigenvalue weighted by Crippen LogP contribution is 2.15. The summed E-state index contributed by atoms with van der Waals surface area (Å²) >= 11 is 0. The highest BCUT2D eigenvalue weighted by molar-refractivity contribution is 6.09. The lowest BCUT2D eigenvalue weighted by Crippen LogP contribution is -2.26. The number of rotatable bonds is 11. The van der Waals surface area contributed by atoms with Gasteiger partial charge in [-0.15, -0.1) is 0 Å². The third-order valence-corrected chi connectivity index (χ3v) is 5.59. The summed E-state index contributed by atoms with van der Waals surface area (Å²) in [6.07, 6.45) is 3.27. The predicted octanol–water partition coefficient (Wildman–Crippen LogP) is 6.01. The van der Waals surface area contributed by atoms with Crippen LogP contribution in [0.3, 0.4) is 0 Å². The number of hydrogen-bond acceptors (Lipinski definition) is 4. The van der Waals surface area contributed by atoms with Gasteiger partial charge in [0.15, 0.2) is 11.6 Å². The maximum atomic E-state index is 12.8. The molecule has 0 aliphatic heterocycles. The molecule has 36 heavy (non-hydrogen) atoms. The molecule has 0 heterocycles. The average molecular weight is 473 g/mol. The van der Waals surface area contributed by atoms with Crippen LogP contribution in [0, 0.1) is 0 Å². The molecule has 0 amide bonds. The van der Waals surface area contributed by atoms with Crippen LogP contribution in [0.1, 0.15) is 31.8 Å². The van der Waals surface area contributed by atoms with E-state index in [1.165, 1.54) is 0 Å². The summed E-state index contributed by atoms with van der Waals surface area (Å²) in [5, 5.41) is 6.79. The Balaban J connectivity index is 1.48. The lowest BCUT2D eigenvalue weighted by molar-refractivity contribution is 0.103. The Labute approximate surface area is 212 Å². The molecule has 2 N–H and O–H groups in total. The Bertz CT molecular complexity index is 1220. The first-order valence-electron chi connectivity index (χ1n) is 11.9. The topological polar surface area (TPSA) is 58.2 Å². The Hall–Kier alpha value is -4.70. The molecule has 4 heteroatoms. The van der Waals surface area contributed by atoms with Crippen LogP contribution in [0.2, 0.25) is 0 Å². The molecular weight excluding hydrogens is 444 g/mol. The molecular formula is C32H28N2O2. The van der Waals surface area contributed by atoms with E-state index in [9.17, 15) is 9.59 Å². The van der Waals surface area contributed by atoms with Crippen LogP contribution in [0.15, 0.2) is 133 Å². The fourth-order valence-electron chi connectivity index (χ4n) is 3.74. The minimum Gasteiger partial charge on any atom is -0.383 e. The van der Waals surface area contributed by atoms with Crippen molar-refractivity contribution in [3.8, 4) is 0 Å². The molecule has 0 saturated carbocycles. The number of nitrogens with one attached hydrogen (secondary N) is 2. The number of carbonyl (C=O) groups is 2. The van der Waals surface area contributed by atoms with Crippen LogP contribution < -0.4 is 10.6 Å².